The molecular weight excluding hydrogens is 762 g/mol. The van der Waals surface area contributed by atoms with Gasteiger partial charge >= 0.3 is 11.9 Å². The number of benzene rings is 6. The maximum Gasteiger partial charge on any atom is 0.326 e. The van der Waals surface area contributed by atoms with Gasteiger partial charge in [-0.1, -0.05) is 84.9 Å². The zero-order chi connectivity index (χ0) is 38.5. The lowest BCUT2D eigenvalue weighted by Crippen LogP contribution is -2.16. The second-order valence-electron chi connectivity index (χ2n) is 11.1. The van der Waals surface area contributed by atoms with Crippen LogP contribution >= 0.6 is 46.4 Å². The van der Waals surface area contributed by atoms with Gasteiger partial charge in [0.1, 0.15) is 29.0 Å². The summed E-state index contributed by atoms with van der Waals surface area (Å²) in [6.07, 6.45) is 0. The summed E-state index contributed by atoms with van der Waals surface area (Å²) in [5, 5.41) is 22.6. The Morgan fingerprint density at radius 3 is 1.51 bits per heavy atom. The van der Waals surface area contributed by atoms with Crippen LogP contribution < -0.4 is 19.3 Å². The number of nitrogens with zero attached hydrogens (tertiary/aromatic N) is 2. The van der Waals surface area contributed by atoms with Crippen LogP contribution in [0, 0.1) is 0 Å². The van der Waals surface area contributed by atoms with E-state index in [1.54, 1.807) is 48.5 Å². The molecule has 0 aliphatic heterocycles. The van der Waals surface area contributed by atoms with Gasteiger partial charge in [0.15, 0.2) is 5.75 Å². The van der Waals surface area contributed by atoms with E-state index >= 15 is 0 Å². The number of anilines is 4. The van der Waals surface area contributed by atoms with E-state index in [1.807, 2.05) is 96.7 Å². The maximum atomic E-state index is 12.0. The van der Waals surface area contributed by atoms with Crippen molar-refractivity contribution in [3.8, 4) is 23.0 Å². The smallest absolute Gasteiger partial charge is 0.326 e. The number of rotatable bonds is 9. The van der Waals surface area contributed by atoms with Gasteiger partial charge in [0.2, 0.25) is 5.24 Å². The quantitative estimate of drug-likeness (QED) is 0.0485. The Labute approximate surface area is 326 Å². The first-order chi connectivity index (χ1) is 25.5. The first kappa shape index (κ1) is 40.6. The zero-order valence-electron chi connectivity index (χ0n) is 28.5. The standard InChI is InChI=1S/C21H17Cl2NO4.C17H15NO2.C2H2Cl2O/c1-24(14-7-3-2-4-8-14)17-11-18(27-19(25)12-22)15-9-5-6-10-16(15)21(17)28-20(26)13-23;1-18(12-7-3-2-4-8-12)15-11-16(19)13-9-5-6-10-14(13)17(15)20;3-1-2(4)5/h2-11H,12-13H2,1H3;2-11,19-20H,1H3;1H2. The normalized spacial score (nSPS) is 10.3. The van der Waals surface area contributed by atoms with Gasteiger partial charge in [-0.05, 0) is 35.9 Å². The molecule has 6 aromatic rings. The van der Waals surface area contributed by atoms with Crippen LogP contribution in [-0.4, -0.2) is 59.1 Å². The van der Waals surface area contributed by atoms with E-state index < -0.39 is 17.2 Å². The number of phenols is 2. The van der Waals surface area contributed by atoms with Gasteiger partial charge in [-0.2, -0.15) is 0 Å². The summed E-state index contributed by atoms with van der Waals surface area (Å²) >= 11 is 20.8. The molecule has 0 unspecified atom stereocenters. The molecule has 0 spiro atoms. The van der Waals surface area contributed by atoms with Crippen LogP contribution in [-0.2, 0) is 14.4 Å². The summed E-state index contributed by atoms with van der Waals surface area (Å²) in [4.78, 5) is 36.9. The van der Waals surface area contributed by atoms with Crippen molar-refractivity contribution in [3.05, 3.63) is 121 Å². The molecule has 0 atom stereocenters. The number of fused-ring (bicyclic) bond motifs is 2. The molecule has 13 heteroatoms. The Bertz CT molecular complexity index is 2190. The SMILES string of the molecule is CN(c1ccccc1)c1cc(O)c2ccccc2c1O.CN(c1ccccc1)c1cc(OC(=O)CCl)c2ccccc2c1OC(=O)CCl.O=C(Cl)CCl. The lowest BCUT2D eigenvalue weighted by atomic mass is 10.1. The average molecular weight is 797 g/mol. The van der Waals surface area contributed by atoms with Gasteiger partial charge in [-0.25, -0.2) is 0 Å². The number of carbonyl (C=O) groups is 3. The van der Waals surface area contributed by atoms with Crippen molar-refractivity contribution in [1.82, 2.24) is 0 Å². The highest BCUT2D eigenvalue weighted by Gasteiger charge is 2.21. The highest BCUT2D eigenvalue weighted by molar-refractivity contribution is 6.67. The van der Waals surface area contributed by atoms with E-state index in [9.17, 15) is 24.6 Å². The second-order valence-corrected chi connectivity index (χ2v) is 12.3. The van der Waals surface area contributed by atoms with Crippen molar-refractivity contribution in [1.29, 1.82) is 0 Å². The summed E-state index contributed by atoms with van der Waals surface area (Å²) in [7, 11) is 3.68. The molecule has 0 amide bonds. The number of halogens is 4. The molecule has 0 radical (unpaired) electrons. The third-order valence-corrected chi connectivity index (χ3v) is 8.63. The summed E-state index contributed by atoms with van der Waals surface area (Å²) in [5.74, 6) is -0.830. The highest BCUT2D eigenvalue weighted by Crippen LogP contribution is 2.44. The number of para-hydroxylation sites is 2. The summed E-state index contributed by atoms with van der Waals surface area (Å²) in [6, 6.07) is 36.9. The predicted molar refractivity (Wildman–Crippen MR) is 215 cm³/mol. The number of esters is 2. The first-order valence-corrected chi connectivity index (χ1v) is 17.8. The number of aromatic hydroxyl groups is 2. The Balaban J connectivity index is 0.000000218. The molecular formula is C40H34Cl4N2O7. The van der Waals surface area contributed by atoms with Crippen molar-refractivity contribution < 1.29 is 34.1 Å². The molecule has 0 saturated carbocycles. The van der Waals surface area contributed by atoms with Crippen LogP contribution in [0.5, 0.6) is 23.0 Å². The van der Waals surface area contributed by atoms with Gasteiger partial charge in [0.05, 0.1) is 17.3 Å². The molecule has 6 rings (SSSR count). The Hall–Kier alpha value is -5.19. The third kappa shape index (κ3) is 10.5. The van der Waals surface area contributed by atoms with E-state index in [0.29, 0.717) is 44.4 Å². The molecule has 0 aromatic heterocycles. The fourth-order valence-electron chi connectivity index (χ4n) is 5.20. The lowest BCUT2D eigenvalue weighted by Gasteiger charge is -2.24. The van der Waals surface area contributed by atoms with E-state index in [2.05, 4.69) is 0 Å². The minimum atomic E-state index is -0.583. The molecule has 0 aliphatic carbocycles. The van der Waals surface area contributed by atoms with Crippen LogP contribution in [0.2, 0.25) is 0 Å². The molecule has 0 saturated heterocycles. The van der Waals surface area contributed by atoms with Gasteiger partial charge in [-0.15, -0.1) is 34.8 Å². The molecule has 274 valence electrons. The second kappa shape index (κ2) is 19.6. The molecule has 0 fully saturated rings. The zero-order valence-corrected chi connectivity index (χ0v) is 31.5. The monoisotopic (exact) mass is 794 g/mol. The van der Waals surface area contributed by atoms with Gasteiger partial charge in [-0.3, -0.25) is 14.4 Å². The number of phenolic OH excluding ortho intramolecular Hbond substituents is 2. The van der Waals surface area contributed by atoms with E-state index in [0.717, 1.165) is 11.4 Å². The minimum Gasteiger partial charge on any atom is -0.507 e. The van der Waals surface area contributed by atoms with Crippen molar-refractivity contribution in [3.63, 3.8) is 0 Å². The molecule has 0 heterocycles. The number of hydrogen-bond donors (Lipinski definition) is 2. The van der Waals surface area contributed by atoms with E-state index in [-0.39, 0.29) is 29.1 Å². The average Bonchev–Trinajstić information content (AvgIpc) is 3.20. The summed E-state index contributed by atoms with van der Waals surface area (Å²) in [6.45, 7) is 0. The number of hydrogen-bond acceptors (Lipinski definition) is 9. The highest BCUT2D eigenvalue weighted by atomic mass is 35.5. The third-order valence-electron chi connectivity index (χ3n) is 7.68. The first-order valence-electron chi connectivity index (χ1n) is 15.8. The molecule has 53 heavy (non-hydrogen) atoms. The van der Waals surface area contributed by atoms with Crippen molar-refractivity contribution in [2.24, 2.45) is 0 Å². The fraction of sp³-hybridized carbons (Fsp3) is 0.125. The van der Waals surface area contributed by atoms with Gasteiger partial charge in [0, 0.05) is 59.1 Å². The van der Waals surface area contributed by atoms with E-state index in [1.165, 1.54) is 0 Å². The topological polar surface area (TPSA) is 117 Å². The van der Waals surface area contributed by atoms with Crippen LogP contribution in [0.4, 0.5) is 22.7 Å². The van der Waals surface area contributed by atoms with Gasteiger partial charge in [0.25, 0.3) is 0 Å². The van der Waals surface area contributed by atoms with Crippen LogP contribution in [0.25, 0.3) is 21.5 Å². The van der Waals surface area contributed by atoms with Crippen LogP contribution in [0.3, 0.4) is 0 Å². The number of ether oxygens (including phenoxy) is 2. The van der Waals surface area contributed by atoms with Crippen molar-refractivity contribution in [2.45, 2.75) is 0 Å². The predicted octanol–water partition coefficient (Wildman–Crippen LogP) is 9.91. The van der Waals surface area contributed by atoms with Crippen LogP contribution in [0.1, 0.15) is 0 Å². The largest absolute Gasteiger partial charge is 0.507 e. The Kier molecular flexibility index (Phi) is 15.0. The van der Waals surface area contributed by atoms with Crippen molar-refractivity contribution >= 4 is 108 Å². The molecule has 0 aliphatic rings. The van der Waals surface area contributed by atoms with Gasteiger partial charge < -0.3 is 29.5 Å². The molecule has 9 nitrogen and oxygen atoms in total. The lowest BCUT2D eigenvalue weighted by molar-refractivity contribution is -0.132. The van der Waals surface area contributed by atoms with Crippen molar-refractivity contribution in [2.75, 3.05) is 41.5 Å². The molecule has 2 N–H and O–H groups in total. The fourth-order valence-corrected chi connectivity index (χ4v) is 5.31. The summed E-state index contributed by atoms with van der Waals surface area (Å²) in [5.41, 5.74) is 2.92. The Morgan fingerprint density at radius 1 is 0.566 bits per heavy atom. The van der Waals surface area contributed by atoms with Crippen LogP contribution in [0.15, 0.2) is 121 Å². The van der Waals surface area contributed by atoms with E-state index in [4.69, 9.17) is 55.9 Å². The Morgan fingerprint density at radius 2 is 1.00 bits per heavy atom. The molecule has 6 aromatic carbocycles. The number of alkyl halides is 3. The molecule has 0 bridgehead atoms. The minimum absolute atomic E-state index is 0.0957. The summed E-state index contributed by atoms with van der Waals surface area (Å²) < 4.78 is 11.0. The maximum absolute atomic E-state index is 12.0. The number of carbonyl (C=O) groups excluding carboxylic acids is 3.